The first kappa shape index (κ1) is 12.5. The predicted molar refractivity (Wildman–Crippen MR) is 65.1 cm³/mol. The van der Waals surface area contributed by atoms with Crippen LogP contribution < -0.4 is 0 Å². The van der Waals surface area contributed by atoms with E-state index >= 15 is 0 Å². The number of aldehydes is 1. The summed E-state index contributed by atoms with van der Waals surface area (Å²) < 4.78 is 2.24. The Kier molecular flexibility index (Phi) is 6.39. The molecule has 0 heterocycles. The fourth-order valence-corrected chi connectivity index (χ4v) is 3.15. The van der Waals surface area contributed by atoms with Crippen molar-refractivity contribution in [2.24, 2.45) is 0 Å². The van der Waals surface area contributed by atoms with Gasteiger partial charge in [-0.25, -0.2) is 0 Å². The van der Waals surface area contributed by atoms with Gasteiger partial charge in [0.25, 0.3) is 0 Å². The number of rotatable bonds is 6. The first-order valence-electron chi connectivity index (χ1n) is 5.19. The molecule has 0 radical (unpaired) electrons. The molecule has 15 heavy (non-hydrogen) atoms. The topological polar surface area (TPSA) is 17.1 Å². The van der Waals surface area contributed by atoms with Crippen molar-refractivity contribution < 1.29 is 4.79 Å². The quantitative estimate of drug-likeness (QED) is 0.448. The number of benzene rings is 1. The Morgan fingerprint density at radius 2 is 2.07 bits per heavy atom. The third-order valence-electron chi connectivity index (χ3n) is 2.05. The summed E-state index contributed by atoms with van der Waals surface area (Å²) in [6.45, 7) is 2.15. The number of allylic oxidation sites excluding steroid dienone is 2. The zero-order chi connectivity index (χ0) is 10.9. The second-order valence-electron chi connectivity index (χ2n) is 3.18. The molecule has 0 unspecified atom stereocenters. The van der Waals surface area contributed by atoms with Crippen LogP contribution >= 0.6 is 0 Å². The standard InChI is InChI=1S/C13H16OTe/c1-2-15-13(11-14)10-6-9-12-7-4-3-5-8-12/h3-5,7-8,10-11H,2,6,9H2,1H3/b13-10+. The number of hydrogen-bond acceptors (Lipinski definition) is 1. The molecule has 0 amide bonds. The van der Waals surface area contributed by atoms with Crippen LogP contribution in [0.2, 0.25) is 4.47 Å². The monoisotopic (exact) mass is 318 g/mol. The maximum atomic E-state index is 10.7. The molecule has 1 nitrogen and oxygen atoms in total. The minimum absolute atomic E-state index is 0.196. The van der Waals surface area contributed by atoms with Crippen LogP contribution in [0.1, 0.15) is 18.9 Å². The Bertz CT molecular complexity index is 317. The van der Waals surface area contributed by atoms with Gasteiger partial charge in [-0.1, -0.05) is 0 Å². The minimum atomic E-state index is -0.196. The van der Waals surface area contributed by atoms with Crippen LogP contribution in [0, 0.1) is 0 Å². The van der Waals surface area contributed by atoms with Crippen molar-refractivity contribution in [3.05, 3.63) is 45.6 Å². The summed E-state index contributed by atoms with van der Waals surface area (Å²) in [6, 6.07) is 10.4. The van der Waals surface area contributed by atoms with Crippen molar-refractivity contribution in [1.29, 1.82) is 0 Å². The molecule has 0 fully saturated rings. The predicted octanol–water partition coefficient (Wildman–Crippen LogP) is 2.84. The third-order valence-corrected chi connectivity index (χ3v) is 4.57. The van der Waals surface area contributed by atoms with Gasteiger partial charge < -0.3 is 0 Å². The van der Waals surface area contributed by atoms with E-state index in [0.717, 1.165) is 22.7 Å². The van der Waals surface area contributed by atoms with Crippen LogP contribution in [-0.2, 0) is 11.2 Å². The number of carbonyl (C=O) groups excluding carboxylic acids is 1. The van der Waals surface area contributed by atoms with Crippen molar-refractivity contribution in [3.63, 3.8) is 0 Å². The molecule has 0 aliphatic rings. The third kappa shape index (κ3) is 5.16. The average Bonchev–Trinajstić information content (AvgIpc) is 2.29. The van der Waals surface area contributed by atoms with E-state index in [2.05, 4.69) is 37.3 Å². The molecule has 0 atom stereocenters. The average molecular weight is 316 g/mol. The molecule has 0 saturated heterocycles. The Morgan fingerprint density at radius 1 is 1.33 bits per heavy atom. The van der Waals surface area contributed by atoms with Crippen molar-refractivity contribution in [2.45, 2.75) is 24.2 Å². The summed E-state index contributed by atoms with van der Waals surface area (Å²) in [5.74, 6) is 0. The van der Waals surface area contributed by atoms with Crippen LogP contribution in [0.4, 0.5) is 0 Å². The first-order valence-corrected chi connectivity index (χ1v) is 8.00. The molecule has 0 aromatic heterocycles. The van der Waals surface area contributed by atoms with Crippen LogP contribution in [-0.4, -0.2) is 27.2 Å². The maximum absolute atomic E-state index is 10.7. The SMILES string of the molecule is CC[Te]/C(C=O)=C/CCc1ccccc1. The molecule has 1 rings (SSSR count). The molecule has 0 N–H and O–H groups in total. The fourth-order valence-electron chi connectivity index (χ4n) is 1.33. The number of carbonyl (C=O) groups is 1. The van der Waals surface area contributed by atoms with E-state index in [-0.39, 0.29) is 20.9 Å². The molecule has 1 aromatic rings. The van der Waals surface area contributed by atoms with Gasteiger partial charge >= 0.3 is 102 Å². The van der Waals surface area contributed by atoms with Crippen LogP contribution in [0.3, 0.4) is 0 Å². The van der Waals surface area contributed by atoms with Crippen molar-refractivity contribution >= 4 is 27.2 Å². The Balaban J connectivity index is 2.40. The molecule has 0 aliphatic carbocycles. The second-order valence-corrected chi connectivity index (χ2v) is 7.00. The van der Waals surface area contributed by atoms with E-state index in [9.17, 15) is 4.79 Å². The van der Waals surface area contributed by atoms with Crippen LogP contribution in [0.5, 0.6) is 0 Å². The van der Waals surface area contributed by atoms with E-state index in [1.54, 1.807) is 0 Å². The van der Waals surface area contributed by atoms with E-state index in [0.29, 0.717) is 0 Å². The van der Waals surface area contributed by atoms with Gasteiger partial charge in [-0.3, -0.25) is 0 Å². The molecular weight excluding hydrogens is 300 g/mol. The van der Waals surface area contributed by atoms with Crippen LogP contribution in [0.15, 0.2) is 40.0 Å². The molecule has 1 aromatic carbocycles. The van der Waals surface area contributed by atoms with Crippen molar-refractivity contribution in [3.8, 4) is 0 Å². The van der Waals surface area contributed by atoms with Gasteiger partial charge in [-0.05, 0) is 0 Å². The zero-order valence-corrected chi connectivity index (χ0v) is 11.3. The zero-order valence-electron chi connectivity index (χ0n) is 8.98. The van der Waals surface area contributed by atoms with Gasteiger partial charge in [0, 0.05) is 0 Å². The normalized spacial score (nSPS) is 11.4. The van der Waals surface area contributed by atoms with Crippen molar-refractivity contribution in [1.82, 2.24) is 0 Å². The summed E-state index contributed by atoms with van der Waals surface area (Å²) in [5, 5.41) is 0. The Labute approximate surface area is 102 Å². The Hall–Kier alpha value is -0.580. The van der Waals surface area contributed by atoms with Gasteiger partial charge in [0.2, 0.25) is 0 Å². The summed E-state index contributed by atoms with van der Waals surface area (Å²) >= 11 is -0.196. The molecule has 0 spiro atoms. The number of aryl methyl sites for hydroxylation is 1. The molecule has 0 aliphatic heterocycles. The first-order chi connectivity index (χ1) is 7.36. The van der Waals surface area contributed by atoms with Crippen LogP contribution in [0.25, 0.3) is 0 Å². The van der Waals surface area contributed by atoms with Gasteiger partial charge in [-0.15, -0.1) is 0 Å². The summed E-state index contributed by atoms with van der Waals surface area (Å²) in [4.78, 5) is 10.7. The summed E-state index contributed by atoms with van der Waals surface area (Å²) in [6.07, 6.45) is 5.18. The molecule has 0 saturated carbocycles. The fraction of sp³-hybridized carbons (Fsp3) is 0.308. The number of hydrogen-bond donors (Lipinski definition) is 0. The van der Waals surface area contributed by atoms with Gasteiger partial charge in [0.1, 0.15) is 0 Å². The van der Waals surface area contributed by atoms with Gasteiger partial charge in [-0.2, -0.15) is 0 Å². The molecular formula is C13H16OTe. The van der Waals surface area contributed by atoms with E-state index in [4.69, 9.17) is 0 Å². The molecule has 0 bridgehead atoms. The Morgan fingerprint density at radius 3 is 2.67 bits per heavy atom. The van der Waals surface area contributed by atoms with Gasteiger partial charge in [0.05, 0.1) is 0 Å². The van der Waals surface area contributed by atoms with Crippen molar-refractivity contribution in [2.75, 3.05) is 0 Å². The van der Waals surface area contributed by atoms with E-state index in [1.165, 1.54) is 10.0 Å². The molecule has 80 valence electrons. The molecule has 2 heteroatoms. The van der Waals surface area contributed by atoms with E-state index in [1.807, 2.05) is 6.07 Å². The summed E-state index contributed by atoms with van der Waals surface area (Å²) in [5.41, 5.74) is 1.34. The summed E-state index contributed by atoms with van der Waals surface area (Å²) in [7, 11) is 0. The van der Waals surface area contributed by atoms with Gasteiger partial charge in [0.15, 0.2) is 0 Å². The second kappa shape index (κ2) is 7.68. The van der Waals surface area contributed by atoms with E-state index < -0.39 is 0 Å².